The van der Waals surface area contributed by atoms with Gasteiger partial charge in [0.1, 0.15) is 41.4 Å². The molecular formula is C34H34F3N5O3. The van der Waals surface area contributed by atoms with Crippen molar-refractivity contribution in [2.75, 3.05) is 44.3 Å². The summed E-state index contributed by atoms with van der Waals surface area (Å²) in [5.74, 6) is 1.24. The lowest BCUT2D eigenvalue weighted by Crippen LogP contribution is -2.43. The first-order chi connectivity index (χ1) is 21.8. The van der Waals surface area contributed by atoms with E-state index in [4.69, 9.17) is 20.9 Å². The molecule has 2 aromatic carbocycles. The predicted octanol–water partition coefficient (Wildman–Crippen LogP) is 5.77. The van der Waals surface area contributed by atoms with E-state index in [2.05, 4.69) is 20.8 Å². The molecule has 3 saturated heterocycles. The fraction of sp³-hybridized carbons (Fsp3) is 0.441. The fourth-order valence-electron chi connectivity index (χ4n) is 7.42. The van der Waals surface area contributed by atoms with Crippen LogP contribution in [0.25, 0.3) is 32.9 Å². The van der Waals surface area contributed by atoms with E-state index in [0.29, 0.717) is 49.3 Å². The molecule has 1 unspecified atom stereocenters. The van der Waals surface area contributed by atoms with E-state index >= 15 is 4.39 Å². The van der Waals surface area contributed by atoms with Crippen molar-refractivity contribution in [1.29, 1.82) is 0 Å². The average Bonchev–Trinajstić information content (AvgIpc) is 3.56. The van der Waals surface area contributed by atoms with Gasteiger partial charge in [-0.15, -0.1) is 6.42 Å². The maximum Gasteiger partial charge on any atom is 0.319 e. The molecule has 1 N–H and O–H groups in total. The molecule has 3 aliphatic heterocycles. The fourth-order valence-corrected chi connectivity index (χ4v) is 7.42. The number of alkyl halides is 1. The van der Waals surface area contributed by atoms with Crippen LogP contribution in [0.15, 0.2) is 30.5 Å². The summed E-state index contributed by atoms with van der Waals surface area (Å²) in [6, 6.07) is 5.42. The van der Waals surface area contributed by atoms with Crippen molar-refractivity contribution in [3.8, 4) is 35.4 Å². The molecular weight excluding hydrogens is 583 g/mol. The number of aromatic nitrogens is 3. The normalized spacial score (nSPS) is 23.5. The maximum absolute atomic E-state index is 16.7. The molecule has 4 aromatic rings. The van der Waals surface area contributed by atoms with Crippen LogP contribution in [0.1, 0.15) is 44.6 Å². The van der Waals surface area contributed by atoms with E-state index in [1.54, 1.807) is 0 Å². The summed E-state index contributed by atoms with van der Waals surface area (Å²) in [5.41, 5.74) is -0.557. The van der Waals surface area contributed by atoms with E-state index in [1.807, 2.05) is 11.8 Å². The van der Waals surface area contributed by atoms with E-state index in [9.17, 15) is 13.9 Å². The molecule has 2 aromatic heterocycles. The SMILES string of the molecule is C#Cc1c(F)ccc2cc(O)cc(-c3ncc4c(N5CCCC(OCC)C5)nc(OC[C@@]56CCCN5C[C@H](F)C6)nc4c3F)c12. The summed E-state index contributed by atoms with van der Waals surface area (Å²) in [5, 5.41) is 11.6. The van der Waals surface area contributed by atoms with E-state index < -0.39 is 23.3 Å². The molecule has 0 bridgehead atoms. The van der Waals surface area contributed by atoms with Gasteiger partial charge < -0.3 is 19.5 Å². The number of piperidine rings is 1. The lowest BCUT2D eigenvalue weighted by Gasteiger charge is -2.34. The number of anilines is 1. The zero-order valence-electron chi connectivity index (χ0n) is 25.0. The first-order valence-electron chi connectivity index (χ1n) is 15.5. The second-order valence-corrected chi connectivity index (χ2v) is 12.2. The molecule has 8 nitrogen and oxygen atoms in total. The van der Waals surface area contributed by atoms with Gasteiger partial charge in [-0.1, -0.05) is 12.0 Å². The zero-order chi connectivity index (χ0) is 31.3. The van der Waals surface area contributed by atoms with Crippen LogP contribution in [0.4, 0.5) is 19.0 Å². The van der Waals surface area contributed by atoms with Gasteiger partial charge in [0, 0.05) is 49.8 Å². The van der Waals surface area contributed by atoms with Gasteiger partial charge in [-0.3, -0.25) is 9.88 Å². The van der Waals surface area contributed by atoms with E-state index in [-0.39, 0.29) is 52.2 Å². The third-order valence-corrected chi connectivity index (χ3v) is 9.41. The van der Waals surface area contributed by atoms with Gasteiger partial charge in [-0.25, -0.2) is 13.2 Å². The van der Waals surface area contributed by atoms with Gasteiger partial charge in [0.2, 0.25) is 0 Å². The standard InChI is InChI=1S/C34H34F3N5O3/c1-3-24-27(36)9-8-20-13-22(43)14-25(28(20)24)30-29(37)31-26(16-38-30)32(41-11-5-7-23(18-41)44-4-2)40-33(39-31)45-19-34-10-6-12-42(34)17-21(35)15-34/h1,8-9,13-14,16,21,23,43H,4-7,10-12,15,17-19H2,2H3/t21-,23?,34+/m1/s1. The number of phenols is 1. The molecule has 234 valence electrons. The third-order valence-electron chi connectivity index (χ3n) is 9.41. The number of pyridine rings is 1. The Labute approximate surface area is 259 Å². The Morgan fingerprint density at radius 3 is 2.84 bits per heavy atom. The number of aromatic hydroxyl groups is 1. The highest BCUT2D eigenvalue weighted by molar-refractivity contribution is 6.03. The molecule has 3 aliphatic rings. The van der Waals surface area contributed by atoms with Crippen molar-refractivity contribution in [2.45, 2.75) is 56.8 Å². The summed E-state index contributed by atoms with van der Waals surface area (Å²) >= 11 is 0. The number of hydrogen-bond donors (Lipinski definition) is 1. The minimum atomic E-state index is -0.924. The minimum absolute atomic E-state index is 0.0168. The number of ether oxygens (including phenoxy) is 2. The number of halogens is 3. The Balaban J connectivity index is 1.37. The van der Waals surface area contributed by atoms with Crippen LogP contribution in [0.5, 0.6) is 11.8 Å². The summed E-state index contributed by atoms with van der Waals surface area (Å²) in [7, 11) is 0. The monoisotopic (exact) mass is 617 g/mol. The second-order valence-electron chi connectivity index (χ2n) is 12.2. The number of rotatable bonds is 7. The van der Waals surface area contributed by atoms with E-state index in [1.165, 1.54) is 30.5 Å². The topological polar surface area (TPSA) is 83.8 Å². The van der Waals surface area contributed by atoms with Crippen molar-refractivity contribution in [2.24, 2.45) is 0 Å². The molecule has 3 atom stereocenters. The van der Waals surface area contributed by atoms with Crippen molar-refractivity contribution >= 4 is 27.5 Å². The number of hydrogen-bond acceptors (Lipinski definition) is 8. The Kier molecular flexibility index (Phi) is 7.66. The molecule has 0 aliphatic carbocycles. The zero-order valence-corrected chi connectivity index (χ0v) is 25.0. The Hall–Kier alpha value is -4.14. The smallest absolute Gasteiger partial charge is 0.319 e. The highest BCUT2D eigenvalue weighted by Gasteiger charge is 2.49. The predicted molar refractivity (Wildman–Crippen MR) is 165 cm³/mol. The number of terminal acetylenes is 1. The Morgan fingerprint density at radius 1 is 1.16 bits per heavy atom. The van der Waals surface area contributed by atoms with Crippen LogP contribution in [0.3, 0.4) is 0 Å². The molecule has 0 spiro atoms. The molecule has 0 amide bonds. The van der Waals surface area contributed by atoms with Gasteiger partial charge in [0.15, 0.2) is 5.82 Å². The molecule has 0 saturated carbocycles. The van der Waals surface area contributed by atoms with Crippen molar-refractivity contribution in [3.05, 3.63) is 47.7 Å². The molecule has 45 heavy (non-hydrogen) atoms. The summed E-state index contributed by atoms with van der Waals surface area (Å²) < 4.78 is 58.1. The highest BCUT2D eigenvalue weighted by atomic mass is 19.1. The van der Waals surface area contributed by atoms with Crippen LogP contribution in [-0.2, 0) is 4.74 Å². The molecule has 3 fully saturated rings. The van der Waals surface area contributed by atoms with Crippen molar-refractivity contribution in [1.82, 2.24) is 19.9 Å². The third kappa shape index (κ3) is 5.20. The number of phenolic OH excluding ortho intramolecular Hbond substituents is 1. The maximum atomic E-state index is 16.7. The van der Waals surface area contributed by atoms with E-state index in [0.717, 1.165) is 32.2 Å². The van der Waals surface area contributed by atoms with Crippen LogP contribution in [0, 0.1) is 24.0 Å². The van der Waals surface area contributed by atoms with Gasteiger partial charge in [0.05, 0.1) is 22.6 Å². The van der Waals surface area contributed by atoms with Crippen LogP contribution in [-0.4, -0.2) is 82.2 Å². The lowest BCUT2D eigenvalue weighted by molar-refractivity contribution is 0.0525. The summed E-state index contributed by atoms with van der Waals surface area (Å²) in [6.45, 7) is 5.10. The molecule has 11 heteroatoms. The largest absolute Gasteiger partial charge is 0.508 e. The number of benzene rings is 2. The molecule has 5 heterocycles. The van der Waals surface area contributed by atoms with Crippen molar-refractivity contribution in [3.63, 3.8) is 0 Å². The van der Waals surface area contributed by atoms with Gasteiger partial charge >= 0.3 is 6.01 Å². The first kappa shape index (κ1) is 29.6. The summed E-state index contributed by atoms with van der Waals surface area (Å²) in [6.07, 6.45) is 10.1. The summed E-state index contributed by atoms with van der Waals surface area (Å²) in [4.78, 5) is 17.9. The van der Waals surface area contributed by atoms with Crippen LogP contribution in [0.2, 0.25) is 0 Å². The molecule has 0 radical (unpaired) electrons. The van der Waals surface area contributed by atoms with Crippen molar-refractivity contribution < 1.29 is 27.8 Å². The highest BCUT2D eigenvalue weighted by Crippen LogP contribution is 2.42. The number of nitrogens with zero attached hydrogens (tertiary/aromatic N) is 5. The van der Waals surface area contributed by atoms with Gasteiger partial charge in [-0.2, -0.15) is 9.97 Å². The molecule has 7 rings (SSSR count). The minimum Gasteiger partial charge on any atom is -0.508 e. The van der Waals surface area contributed by atoms with Gasteiger partial charge in [-0.05, 0) is 62.7 Å². The average molecular weight is 618 g/mol. The first-order valence-corrected chi connectivity index (χ1v) is 15.5. The van der Waals surface area contributed by atoms with Crippen LogP contribution >= 0.6 is 0 Å². The van der Waals surface area contributed by atoms with Crippen LogP contribution < -0.4 is 9.64 Å². The quantitative estimate of drug-likeness (QED) is 0.262. The lowest BCUT2D eigenvalue weighted by atomic mass is 9.95. The Bertz CT molecular complexity index is 1830. The number of fused-ring (bicyclic) bond motifs is 3. The Morgan fingerprint density at radius 2 is 2.02 bits per heavy atom. The van der Waals surface area contributed by atoms with Gasteiger partial charge in [0.25, 0.3) is 0 Å². The second kappa shape index (κ2) is 11.7.